The van der Waals surface area contributed by atoms with Gasteiger partial charge < -0.3 is 14.6 Å². The van der Waals surface area contributed by atoms with E-state index in [9.17, 15) is 13.5 Å². The average molecular weight is 326 g/mol. The van der Waals surface area contributed by atoms with Crippen molar-refractivity contribution in [2.45, 2.75) is 0 Å². The van der Waals surface area contributed by atoms with Crippen LogP contribution in [0, 0.1) is 0 Å². The van der Waals surface area contributed by atoms with Gasteiger partial charge >= 0.3 is 0 Å². The molecule has 0 aliphatic carbocycles. The summed E-state index contributed by atoms with van der Waals surface area (Å²) < 4.78 is 36.5. The number of methoxy groups -OCH3 is 1. The second-order valence-corrected chi connectivity index (χ2v) is 6.40. The van der Waals surface area contributed by atoms with Gasteiger partial charge in [0.25, 0.3) is 0 Å². The molecule has 0 spiro atoms. The van der Waals surface area contributed by atoms with Crippen LogP contribution in [0.25, 0.3) is 10.9 Å². The molecule has 120 valence electrons. The van der Waals surface area contributed by atoms with Crippen LogP contribution >= 0.6 is 0 Å². The highest BCUT2D eigenvalue weighted by Crippen LogP contribution is 2.29. The molecule has 0 aliphatic rings. The predicted molar refractivity (Wildman–Crippen MR) is 83.5 cm³/mol. The molecule has 2 N–H and O–H groups in total. The average Bonchev–Trinajstić information content (AvgIpc) is 2.50. The zero-order valence-corrected chi connectivity index (χ0v) is 13.0. The van der Waals surface area contributed by atoms with E-state index in [2.05, 4.69) is 9.71 Å². The molecule has 0 saturated heterocycles. The van der Waals surface area contributed by atoms with Crippen molar-refractivity contribution in [3.05, 3.63) is 30.5 Å². The number of nitrogens with one attached hydrogen (secondary N) is 1. The van der Waals surface area contributed by atoms with Gasteiger partial charge in [-0.15, -0.1) is 0 Å². The minimum atomic E-state index is -3.56. The molecule has 0 fully saturated rings. The SMILES string of the molecule is COCCOCCS(=O)(=O)Nc1ccc(O)c2cccnc12. The third-order valence-corrected chi connectivity index (χ3v) is 4.18. The molecule has 2 rings (SSSR count). The number of hydrogen-bond donors (Lipinski definition) is 2. The first-order valence-corrected chi connectivity index (χ1v) is 8.32. The zero-order valence-electron chi connectivity index (χ0n) is 12.2. The molecule has 7 nitrogen and oxygen atoms in total. The van der Waals surface area contributed by atoms with Crippen molar-refractivity contribution in [1.29, 1.82) is 0 Å². The van der Waals surface area contributed by atoms with Gasteiger partial charge in [0.1, 0.15) is 5.75 Å². The normalized spacial score (nSPS) is 11.7. The first-order chi connectivity index (χ1) is 10.5. The Bertz CT molecular complexity index is 733. The highest BCUT2D eigenvalue weighted by Gasteiger charge is 2.14. The maximum absolute atomic E-state index is 12.0. The van der Waals surface area contributed by atoms with Gasteiger partial charge in [-0.3, -0.25) is 9.71 Å². The van der Waals surface area contributed by atoms with E-state index in [0.717, 1.165) is 0 Å². The van der Waals surface area contributed by atoms with Crippen LogP contribution in [0.15, 0.2) is 30.5 Å². The van der Waals surface area contributed by atoms with E-state index in [1.165, 1.54) is 18.3 Å². The molecule has 0 unspecified atom stereocenters. The topological polar surface area (TPSA) is 97.8 Å². The first kappa shape index (κ1) is 16.5. The van der Waals surface area contributed by atoms with Gasteiger partial charge in [0.2, 0.25) is 10.0 Å². The fourth-order valence-electron chi connectivity index (χ4n) is 1.87. The summed E-state index contributed by atoms with van der Waals surface area (Å²) >= 11 is 0. The van der Waals surface area contributed by atoms with Crippen molar-refractivity contribution in [3.8, 4) is 5.75 Å². The van der Waals surface area contributed by atoms with Crippen LogP contribution < -0.4 is 4.72 Å². The van der Waals surface area contributed by atoms with E-state index < -0.39 is 10.0 Å². The number of aromatic nitrogens is 1. The third kappa shape index (κ3) is 4.30. The quantitative estimate of drug-likeness (QED) is 0.561. The fraction of sp³-hybridized carbons (Fsp3) is 0.357. The Kier molecular flexibility index (Phi) is 5.53. The number of hydrogen-bond acceptors (Lipinski definition) is 6. The van der Waals surface area contributed by atoms with Crippen molar-refractivity contribution < 1.29 is 23.0 Å². The number of anilines is 1. The van der Waals surface area contributed by atoms with Gasteiger partial charge in [0.05, 0.1) is 36.8 Å². The number of phenols is 1. The molecule has 0 radical (unpaired) electrons. The molecule has 8 heteroatoms. The molecule has 1 aromatic carbocycles. The van der Waals surface area contributed by atoms with Crippen LogP contribution in [0.2, 0.25) is 0 Å². The van der Waals surface area contributed by atoms with Crippen molar-refractivity contribution in [2.24, 2.45) is 0 Å². The lowest BCUT2D eigenvalue weighted by Crippen LogP contribution is -2.21. The summed E-state index contributed by atoms with van der Waals surface area (Å²) in [6.45, 7) is 0.831. The van der Waals surface area contributed by atoms with E-state index in [4.69, 9.17) is 9.47 Å². The molecule has 0 bridgehead atoms. The Labute approximate surface area is 128 Å². The number of pyridine rings is 1. The van der Waals surface area contributed by atoms with E-state index >= 15 is 0 Å². The van der Waals surface area contributed by atoms with Gasteiger partial charge in [-0.2, -0.15) is 0 Å². The standard InChI is InChI=1S/C14H18N2O5S/c1-20-7-8-21-9-10-22(18,19)16-12-4-5-13(17)11-3-2-6-15-14(11)12/h2-6,16-17H,7-10H2,1H3. The van der Waals surface area contributed by atoms with E-state index in [0.29, 0.717) is 29.8 Å². The number of rotatable bonds is 8. The van der Waals surface area contributed by atoms with Crippen LogP contribution in [0.1, 0.15) is 0 Å². The molecule has 0 saturated carbocycles. The summed E-state index contributed by atoms with van der Waals surface area (Å²) in [6.07, 6.45) is 1.54. The molecule has 0 amide bonds. The highest BCUT2D eigenvalue weighted by molar-refractivity contribution is 7.92. The molecule has 1 aromatic heterocycles. The fourth-order valence-corrected chi connectivity index (χ4v) is 2.81. The number of fused-ring (bicyclic) bond motifs is 1. The van der Waals surface area contributed by atoms with E-state index in [1.807, 2.05) is 0 Å². The number of ether oxygens (including phenoxy) is 2. The van der Waals surface area contributed by atoms with Crippen LogP contribution in [0.3, 0.4) is 0 Å². The second kappa shape index (κ2) is 7.39. The Morgan fingerprint density at radius 3 is 2.82 bits per heavy atom. The number of nitrogens with zero attached hydrogens (tertiary/aromatic N) is 1. The molecular formula is C14H18N2O5S. The van der Waals surface area contributed by atoms with Crippen molar-refractivity contribution in [2.75, 3.05) is 37.4 Å². The Morgan fingerprint density at radius 2 is 2.05 bits per heavy atom. The molecule has 22 heavy (non-hydrogen) atoms. The van der Waals surface area contributed by atoms with Gasteiger partial charge in [-0.25, -0.2) is 8.42 Å². The number of benzene rings is 1. The summed E-state index contributed by atoms with van der Waals surface area (Å²) in [6, 6.07) is 6.25. The Balaban J connectivity index is 2.08. The van der Waals surface area contributed by atoms with Crippen LogP contribution in [0.5, 0.6) is 5.75 Å². The summed E-state index contributed by atoms with van der Waals surface area (Å²) in [5.41, 5.74) is 0.719. The zero-order chi connectivity index (χ0) is 16.0. The minimum absolute atomic E-state index is 0.0500. The molecular weight excluding hydrogens is 308 g/mol. The molecule has 0 atom stereocenters. The van der Waals surface area contributed by atoms with Gasteiger partial charge in [-0.1, -0.05) is 0 Å². The van der Waals surface area contributed by atoms with Crippen molar-refractivity contribution >= 4 is 26.6 Å². The summed E-state index contributed by atoms with van der Waals surface area (Å²) in [4.78, 5) is 4.11. The monoisotopic (exact) mass is 326 g/mol. The lowest BCUT2D eigenvalue weighted by Gasteiger charge is -2.11. The van der Waals surface area contributed by atoms with Gasteiger partial charge in [0, 0.05) is 18.7 Å². The van der Waals surface area contributed by atoms with Crippen molar-refractivity contribution in [1.82, 2.24) is 4.98 Å². The van der Waals surface area contributed by atoms with Crippen LogP contribution in [-0.4, -0.2) is 51.2 Å². The Morgan fingerprint density at radius 1 is 1.23 bits per heavy atom. The number of aromatic hydroxyl groups is 1. The molecule has 0 aliphatic heterocycles. The maximum Gasteiger partial charge on any atom is 0.235 e. The minimum Gasteiger partial charge on any atom is -0.507 e. The number of sulfonamides is 1. The Hall–Kier alpha value is -1.90. The van der Waals surface area contributed by atoms with Crippen molar-refractivity contribution in [3.63, 3.8) is 0 Å². The van der Waals surface area contributed by atoms with Gasteiger partial charge in [0.15, 0.2) is 0 Å². The molecule has 1 heterocycles. The maximum atomic E-state index is 12.0. The van der Waals surface area contributed by atoms with Gasteiger partial charge in [-0.05, 0) is 24.3 Å². The smallest absolute Gasteiger partial charge is 0.235 e. The lowest BCUT2D eigenvalue weighted by atomic mass is 10.2. The largest absolute Gasteiger partial charge is 0.507 e. The van der Waals surface area contributed by atoms with Crippen LogP contribution in [-0.2, 0) is 19.5 Å². The van der Waals surface area contributed by atoms with E-state index in [1.54, 1.807) is 19.2 Å². The van der Waals surface area contributed by atoms with Crippen LogP contribution in [0.4, 0.5) is 5.69 Å². The van der Waals surface area contributed by atoms with E-state index in [-0.39, 0.29) is 18.1 Å². The summed E-state index contributed by atoms with van der Waals surface area (Å²) in [5.74, 6) is -0.125. The summed E-state index contributed by atoms with van der Waals surface area (Å²) in [5, 5.41) is 10.3. The summed E-state index contributed by atoms with van der Waals surface area (Å²) in [7, 11) is -2.02. The lowest BCUT2D eigenvalue weighted by molar-refractivity contribution is 0.0785. The third-order valence-electron chi connectivity index (χ3n) is 2.94. The first-order valence-electron chi connectivity index (χ1n) is 6.67. The second-order valence-electron chi connectivity index (χ2n) is 4.56. The predicted octanol–water partition coefficient (Wildman–Crippen LogP) is 1.35. The molecule has 2 aromatic rings. The highest BCUT2D eigenvalue weighted by atomic mass is 32.2. The number of phenolic OH excluding ortho intramolecular Hbond substituents is 1.